The average molecular weight is 281 g/mol. The van der Waals surface area contributed by atoms with Gasteiger partial charge in [0, 0.05) is 0 Å². The van der Waals surface area contributed by atoms with Crippen LogP contribution in [0.5, 0.6) is 0 Å². The number of hydrogen-bond acceptors (Lipinski definition) is 7. The van der Waals surface area contributed by atoms with E-state index >= 15 is 0 Å². The van der Waals surface area contributed by atoms with E-state index < -0.39 is 22.3 Å². The predicted molar refractivity (Wildman–Crippen MR) is 65.7 cm³/mol. The summed E-state index contributed by atoms with van der Waals surface area (Å²) in [5.41, 5.74) is 4.68. The molecule has 0 saturated carbocycles. The van der Waals surface area contributed by atoms with Gasteiger partial charge in [-0.05, 0) is 11.4 Å². The lowest BCUT2D eigenvalue weighted by molar-refractivity contribution is -0.385. The van der Waals surface area contributed by atoms with Crippen molar-refractivity contribution >= 4 is 28.8 Å². The number of oxime groups is 1. The third-order valence-corrected chi connectivity index (χ3v) is 2.91. The molecule has 0 amide bonds. The molecule has 0 atom stereocenters. The van der Waals surface area contributed by atoms with Gasteiger partial charge < -0.3 is 10.6 Å². The lowest BCUT2D eigenvalue weighted by atomic mass is 10.4. The van der Waals surface area contributed by atoms with Gasteiger partial charge in [0.2, 0.25) is 5.69 Å². The van der Waals surface area contributed by atoms with Crippen LogP contribution in [-0.4, -0.2) is 26.9 Å². The van der Waals surface area contributed by atoms with Gasteiger partial charge >= 0.3 is 11.7 Å². The van der Waals surface area contributed by atoms with E-state index in [0.29, 0.717) is 4.88 Å². The Morgan fingerprint density at radius 1 is 1.63 bits per heavy atom. The van der Waals surface area contributed by atoms with Crippen molar-refractivity contribution in [2.24, 2.45) is 10.9 Å². The molecule has 0 aliphatic heterocycles. The zero-order chi connectivity index (χ0) is 13.8. The van der Waals surface area contributed by atoms with Gasteiger partial charge in [-0.3, -0.25) is 15.2 Å². The first-order chi connectivity index (χ1) is 9.09. The molecule has 0 fully saturated rings. The topological polar surface area (TPSA) is 136 Å². The first kappa shape index (κ1) is 12.7. The maximum absolute atomic E-state index is 11.5. The van der Waals surface area contributed by atoms with Crippen LogP contribution in [0.3, 0.4) is 0 Å². The van der Waals surface area contributed by atoms with Gasteiger partial charge in [0.05, 0.1) is 9.80 Å². The molecule has 0 aromatic carbocycles. The normalized spacial score (nSPS) is 11.3. The summed E-state index contributed by atoms with van der Waals surface area (Å²) in [6, 6.07) is 3.44. The second-order valence-electron chi connectivity index (χ2n) is 3.22. The van der Waals surface area contributed by atoms with E-state index in [1.807, 2.05) is 0 Å². The molecule has 98 valence electrons. The Morgan fingerprint density at radius 3 is 3.05 bits per heavy atom. The van der Waals surface area contributed by atoms with Crippen LogP contribution in [0.2, 0.25) is 0 Å². The van der Waals surface area contributed by atoms with Gasteiger partial charge in [-0.15, -0.1) is 11.3 Å². The molecule has 0 aliphatic rings. The summed E-state index contributed by atoms with van der Waals surface area (Å²) in [4.78, 5) is 26.5. The third-order valence-electron chi connectivity index (χ3n) is 2.02. The Kier molecular flexibility index (Phi) is 3.52. The molecule has 0 bridgehead atoms. The Bertz CT molecular complexity index is 633. The summed E-state index contributed by atoms with van der Waals surface area (Å²) in [5, 5.41) is 21.3. The number of H-pyrrole nitrogens is 1. The molecule has 2 aromatic rings. The number of rotatable bonds is 4. The van der Waals surface area contributed by atoms with Crippen molar-refractivity contribution in [1.82, 2.24) is 10.2 Å². The fraction of sp³-hybridized carbons (Fsp3) is 0. The Balaban J connectivity index is 2.12. The second-order valence-corrected chi connectivity index (χ2v) is 4.17. The minimum Gasteiger partial charge on any atom is -0.380 e. The number of nitrogens with two attached hydrogens (primary N) is 1. The van der Waals surface area contributed by atoms with E-state index in [1.54, 1.807) is 17.5 Å². The number of aromatic nitrogens is 2. The summed E-state index contributed by atoms with van der Waals surface area (Å²) in [6.07, 6.45) is 0.906. The van der Waals surface area contributed by atoms with Gasteiger partial charge in [-0.25, -0.2) is 4.79 Å². The molecule has 2 heterocycles. The molecular formula is C9H7N5O4S. The molecule has 2 aromatic heterocycles. The Labute approximate surface area is 109 Å². The first-order valence-electron chi connectivity index (χ1n) is 4.86. The Morgan fingerprint density at radius 2 is 2.42 bits per heavy atom. The standard InChI is InChI=1S/C9H7N5O4S/c10-8(6-2-1-3-19-6)13-18-9(15)7-5(14(16)17)4-11-12-7/h1-4H,(H2,10,13)(H,11,12). The van der Waals surface area contributed by atoms with Crippen LogP contribution in [0.25, 0.3) is 0 Å². The molecule has 19 heavy (non-hydrogen) atoms. The number of nitrogens with zero attached hydrogens (tertiary/aromatic N) is 3. The highest BCUT2D eigenvalue weighted by Gasteiger charge is 2.24. The number of carbonyl (C=O) groups is 1. The maximum atomic E-state index is 11.5. The highest BCUT2D eigenvalue weighted by Crippen LogP contribution is 2.15. The van der Waals surface area contributed by atoms with Crippen LogP contribution in [0.1, 0.15) is 15.4 Å². The van der Waals surface area contributed by atoms with E-state index in [2.05, 4.69) is 20.2 Å². The van der Waals surface area contributed by atoms with Crippen LogP contribution in [0.15, 0.2) is 28.9 Å². The van der Waals surface area contributed by atoms with Crippen molar-refractivity contribution in [3.63, 3.8) is 0 Å². The summed E-state index contributed by atoms with van der Waals surface area (Å²) in [5.74, 6) is -1.03. The van der Waals surface area contributed by atoms with E-state index in [9.17, 15) is 14.9 Å². The number of thiophene rings is 1. The molecule has 0 radical (unpaired) electrons. The van der Waals surface area contributed by atoms with Crippen molar-refractivity contribution < 1.29 is 14.6 Å². The number of nitro groups is 1. The van der Waals surface area contributed by atoms with Crippen LogP contribution < -0.4 is 5.73 Å². The van der Waals surface area contributed by atoms with Crippen molar-refractivity contribution in [2.45, 2.75) is 0 Å². The average Bonchev–Trinajstić information content (AvgIpc) is 3.04. The summed E-state index contributed by atoms with van der Waals surface area (Å²) < 4.78 is 0. The minimum atomic E-state index is -1.04. The van der Waals surface area contributed by atoms with Crippen molar-refractivity contribution in [1.29, 1.82) is 0 Å². The zero-order valence-corrected chi connectivity index (χ0v) is 10.1. The first-order valence-corrected chi connectivity index (χ1v) is 5.74. The summed E-state index contributed by atoms with van der Waals surface area (Å²) in [6.45, 7) is 0. The second kappa shape index (κ2) is 5.27. The number of carbonyl (C=O) groups excluding carboxylic acids is 1. The quantitative estimate of drug-likeness (QED) is 0.280. The van der Waals surface area contributed by atoms with Crippen molar-refractivity contribution in [2.75, 3.05) is 0 Å². The molecule has 0 saturated heterocycles. The predicted octanol–water partition coefficient (Wildman–Crippen LogP) is 0.857. The molecule has 10 heteroatoms. The third kappa shape index (κ3) is 2.74. The monoisotopic (exact) mass is 281 g/mol. The van der Waals surface area contributed by atoms with Crippen LogP contribution in [0, 0.1) is 10.1 Å². The number of amidine groups is 1. The van der Waals surface area contributed by atoms with Gasteiger partial charge in [0.1, 0.15) is 6.20 Å². The number of hydrogen-bond donors (Lipinski definition) is 2. The lowest BCUT2D eigenvalue weighted by Gasteiger charge is -1.97. The maximum Gasteiger partial charge on any atom is 0.390 e. The van der Waals surface area contributed by atoms with E-state index in [1.165, 1.54) is 11.3 Å². The number of aromatic amines is 1. The molecule has 0 aliphatic carbocycles. The molecule has 9 nitrogen and oxygen atoms in total. The molecule has 3 N–H and O–H groups in total. The smallest absolute Gasteiger partial charge is 0.380 e. The van der Waals surface area contributed by atoms with Crippen LogP contribution in [0.4, 0.5) is 5.69 Å². The van der Waals surface area contributed by atoms with Crippen LogP contribution in [-0.2, 0) is 4.84 Å². The summed E-state index contributed by atoms with van der Waals surface area (Å²) >= 11 is 1.31. The van der Waals surface area contributed by atoms with E-state index in [4.69, 9.17) is 5.73 Å². The van der Waals surface area contributed by atoms with Crippen molar-refractivity contribution in [3.8, 4) is 0 Å². The van der Waals surface area contributed by atoms with Crippen LogP contribution >= 0.6 is 11.3 Å². The molecular weight excluding hydrogens is 274 g/mol. The fourth-order valence-corrected chi connectivity index (χ4v) is 1.79. The number of nitrogens with one attached hydrogen (secondary N) is 1. The van der Waals surface area contributed by atoms with Gasteiger partial charge in [0.15, 0.2) is 5.84 Å². The molecule has 2 rings (SSSR count). The van der Waals surface area contributed by atoms with Gasteiger partial charge in [-0.2, -0.15) is 5.10 Å². The highest BCUT2D eigenvalue weighted by molar-refractivity contribution is 7.12. The van der Waals surface area contributed by atoms with E-state index in [0.717, 1.165) is 6.20 Å². The lowest BCUT2D eigenvalue weighted by Crippen LogP contribution is -2.14. The molecule has 0 unspecified atom stereocenters. The van der Waals surface area contributed by atoms with Gasteiger partial charge in [0.25, 0.3) is 0 Å². The summed E-state index contributed by atoms with van der Waals surface area (Å²) in [7, 11) is 0. The Hall–Kier alpha value is -2.75. The molecule has 0 spiro atoms. The zero-order valence-electron chi connectivity index (χ0n) is 9.27. The fourth-order valence-electron chi connectivity index (χ4n) is 1.17. The van der Waals surface area contributed by atoms with E-state index in [-0.39, 0.29) is 5.84 Å². The largest absolute Gasteiger partial charge is 0.390 e. The van der Waals surface area contributed by atoms with Crippen molar-refractivity contribution in [3.05, 3.63) is 44.4 Å². The van der Waals surface area contributed by atoms with Gasteiger partial charge in [-0.1, -0.05) is 11.2 Å². The highest BCUT2D eigenvalue weighted by atomic mass is 32.1. The SMILES string of the molecule is N/C(=N\OC(=O)c1[nH]ncc1[N+](=O)[O-])c1cccs1. The minimum absolute atomic E-state index is 0.00511.